The molecule has 1 aromatic rings. The summed E-state index contributed by atoms with van der Waals surface area (Å²) in [4.78, 5) is 13.5. The van der Waals surface area contributed by atoms with Gasteiger partial charge in [0.1, 0.15) is 0 Å². The molecule has 0 aromatic carbocycles. The van der Waals surface area contributed by atoms with Gasteiger partial charge >= 0.3 is 0 Å². The summed E-state index contributed by atoms with van der Waals surface area (Å²) in [6, 6.07) is 0.864. The molecule has 1 aromatic heterocycles. The molecule has 3 rings (SSSR count). The maximum atomic E-state index is 6.30. The first-order chi connectivity index (χ1) is 15.3. The number of nitrogens with one attached hydrogen (secondary N) is 2. The molecule has 2 aliphatic rings. The largest absolute Gasteiger partial charge is 0.351 e. The van der Waals surface area contributed by atoms with E-state index in [1.165, 1.54) is 128 Å². The Labute approximate surface area is 195 Å². The molecule has 0 atom stereocenters. The normalized spacial score (nSPS) is 22.1. The van der Waals surface area contributed by atoms with E-state index in [-0.39, 0.29) is 5.28 Å². The molecule has 0 bridgehead atoms. The summed E-state index contributed by atoms with van der Waals surface area (Å²) >= 11 is 6.30. The highest BCUT2D eigenvalue weighted by Crippen LogP contribution is 2.22. The number of aromatic nitrogens is 3. The first-order valence-corrected chi connectivity index (χ1v) is 13.6. The Bertz CT molecular complexity index is 539. The average Bonchev–Trinajstić information content (AvgIpc) is 2.84. The Morgan fingerprint density at radius 3 is 1.06 bits per heavy atom. The van der Waals surface area contributed by atoms with E-state index >= 15 is 0 Å². The van der Waals surface area contributed by atoms with Gasteiger partial charge in [-0.15, -0.1) is 0 Å². The summed E-state index contributed by atoms with van der Waals surface area (Å²) in [5, 5.41) is 7.48. The molecule has 2 aliphatic carbocycles. The maximum Gasteiger partial charge on any atom is 0.229 e. The van der Waals surface area contributed by atoms with Crippen LogP contribution in [0.4, 0.5) is 11.9 Å². The van der Waals surface area contributed by atoms with E-state index in [2.05, 4.69) is 20.6 Å². The summed E-state index contributed by atoms with van der Waals surface area (Å²) in [5.74, 6) is 1.28. The van der Waals surface area contributed by atoms with Crippen LogP contribution in [0.15, 0.2) is 0 Å². The van der Waals surface area contributed by atoms with Gasteiger partial charge in [-0.25, -0.2) is 0 Å². The first kappa shape index (κ1) is 24.5. The lowest BCUT2D eigenvalue weighted by Crippen LogP contribution is -2.24. The van der Waals surface area contributed by atoms with E-state index in [0.29, 0.717) is 24.0 Å². The maximum absolute atomic E-state index is 6.30. The second-order valence-electron chi connectivity index (χ2n) is 9.75. The Balaban J connectivity index is 1.58. The fourth-order valence-electron chi connectivity index (χ4n) is 5.11. The molecule has 0 amide bonds. The smallest absolute Gasteiger partial charge is 0.229 e. The first-order valence-electron chi connectivity index (χ1n) is 13.2. The number of halogens is 1. The average molecular weight is 450 g/mol. The number of hydrogen-bond donors (Lipinski definition) is 2. The summed E-state index contributed by atoms with van der Waals surface area (Å²) in [5.41, 5.74) is 0. The third-order valence-electron chi connectivity index (χ3n) is 6.98. The number of rotatable bonds is 4. The molecule has 0 saturated heterocycles. The zero-order valence-corrected chi connectivity index (χ0v) is 20.3. The highest BCUT2D eigenvalue weighted by Gasteiger charge is 2.15. The van der Waals surface area contributed by atoms with Crippen LogP contribution in [-0.2, 0) is 0 Å². The van der Waals surface area contributed by atoms with Gasteiger partial charge in [-0.2, -0.15) is 15.0 Å². The van der Waals surface area contributed by atoms with Crippen molar-refractivity contribution in [2.45, 2.75) is 141 Å². The monoisotopic (exact) mass is 449 g/mol. The van der Waals surface area contributed by atoms with Gasteiger partial charge in [0.25, 0.3) is 0 Å². The fourth-order valence-corrected chi connectivity index (χ4v) is 5.27. The van der Waals surface area contributed by atoms with Crippen molar-refractivity contribution in [2.24, 2.45) is 0 Å². The van der Waals surface area contributed by atoms with Crippen LogP contribution in [0.3, 0.4) is 0 Å². The lowest BCUT2D eigenvalue weighted by atomic mass is 10.0. The lowest BCUT2D eigenvalue weighted by molar-refractivity contribution is 0.529. The van der Waals surface area contributed by atoms with Gasteiger partial charge in [0.2, 0.25) is 17.2 Å². The van der Waals surface area contributed by atoms with Gasteiger partial charge in [-0.1, -0.05) is 103 Å². The van der Waals surface area contributed by atoms with Gasteiger partial charge in [0.05, 0.1) is 0 Å². The predicted molar refractivity (Wildman–Crippen MR) is 132 cm³/mol. The molecule has 0 unspecified atom stereocenters. The molecule has 0 radical (unpaired) electrons. The Morgan fingerprint density at radius 2 is 0.742 bits per heavy atom. The van der Waals surface area contributed by atoms with E-state index in [1.54, 1.807) is 0 Å². The van der Waals surface area contributed by atoms with E-state index < -0.39 is 0 Å². The van der Waals surface area contributed by atoms with Crippen molar-refractivity contribution in [3.8, 4) is 0 Å². The lowest BCUT2D eigenvalue weighted by Gasteiger charge is -2.21. The van der Waals surface area contributed by atoms with Gasteiger partial charge < -0.3 is 10.6 Å². The van der Waals surface area contributed by atoms with Crippen LogP contribution in [0.25, 0.3) is 0 Å². The molecule has 176 valence electrons. The molecular weight excluding hydrogens is 406 g/mol. The van der Waals surface area contributed by atoms with Crippen LogP contribution in [0, 0.1) is 0 Å². The third-order valence-corrected chi connectivity index (χ3v) is 7.15. The van der Waals surface area contributed by atoms with Crippen molar-refractivity contribution in [3.63, 3.8) is 0 Å². The molecule has 0 spiro atoms. The molecule has 2 fully saturated rings. The second kappa shape index (κ2) is 14.9. The van der Waals surface area contributed by atoms with Gasteiger partial charge in [0.15, 0.2) is 0 Å². The van der Waals surface area contributed by atoms with Crippen molar-refractivity contribution in [3.05, 3.63) is 5.28 Å². The molecule has 31 heavy (non-hydrogen) atoms. The van der Waals surface area contributed by atoms with Crippen LogP contribution in [-0.4, -0.2) is 27.0 Å². The molecule has 0 aliphatic heterocycles. The summed E-state index contributed by atoms with van der Waals surface area (Å²) < 4.78 is 0. The summed E-state index contributed by atoms with van der Waals surface area (Å²) in [7, 11) is 0. The second-order valence-corrected chi connectivity index (χ2v) is 10.1. The van der Waals surface area contributed by atoms with E-state index in [9.17, 15) is 0 Å². The van der Waals surface area contributed by atoms with Gasteiger partial charge in [-0.05, 0) is 37.3 Å². The van der Waals surface area contributed by atoms with Gasteiger partial charge in [-0.3, -0.25) is 0 Å². The van der Waals surface area contributed by atoms with Crippen molar-refractivity contribution in [2.75, 3.05) is 10.6 Å². The Morgan fingerprint density at radius 1 is 0.452 bits per heavy atom. The molecule has 2 saturated carbocycles. The predicted octanol–water partition coefficient (Wildman–Crippen LogP) is 7.92. The minimum absolute atomic E-state index is 0.285. The number of anilines is 2. The van der Waals surface area contributed by atoms with E-state index in [0.717, 1.165) is 0 Å². The van der Waals surface area contributed by atoms with E-state index in [1.807, 2.05) is 0 Å². The molecule has 5 nitrogen and oxygen atoms in total. The number of nitrogens with zero attached hydrogens (tertiary/aromatic N) is 3. The van der Waals surface area contributed by atoms with Gasteiger partial charge in [0, 0.05) is 12.1 Å². The molecule has 2 N–H and O–H groups in total. The zero-order chi connectivity index (χ0) is 21.6. The third kappa shape index (κ3) is 10.4. The zero-order valence-electron chi connectivity index (χ0n) is 19.5. The molecule has 1 heterocycles. The minimum Gasteiger partial charge on any atom is -0.351 e. The minimum atomic E-state index is 0.285. The standard InChI is InChI=1S/C25H44ClN5/c26-23-29-24(27-21-17-13-9-5-1-2-6-10-14-18-21)31-25(30-23)28-22-19-15-11-7-3-4-8-12-16-20-22/h21-22H,1-20H2,(H2,27,28,29,30,31). The highest BCUT2D eigenvalue weighted by molar-refractivity contribution is 6.28. The van der Waals surface area contributed by atoms with Crippen LogP contribution in [0.2, 0.25) is 5.28 Å². The fraction of sp³-hybridized carbons (Fsp3) is 0.880. The summed E-state index contributed by atoms with van der Waals surface area (Å²) in [6.07, 6.45) is 26.3. The van der Waals surface area contributed by atoms with Crippen LogP contribution >= 0.6 is 11.6 Å². The van der Waals surface area contributed by atoms with Crippen molar-refractivity contribution in [1.82, 2.24) is 15.0 Å². The topological polar surface area (TPSA) is 62.7 Å². The SMILES string of the molecule is Clc1nc(NC2CCCCCCCCCC2)nc(NC2CCCCCCCCCC2)n1. The Hall–Kier alpha value is -1.10. The summed E-state index contributed by atoms with van der Waals surface area (Å²) in [6.45, 7) is 0. The van der Waals surface area contributed by atoms with Crippen molar-refractivity contribution < 1.29 is 0 Å². The van der Waals surface area contributed by atoms with E-state index in [4.69, 9.17) is 16.6 Å². The Kier molecular flexibility index (Phi) is 11.8. The molecular formula is C25H44ClN5. The highest BCUT2D eigenvalue weighted by atomic mass is 35.5. The van der Waals surface area contributed by atoms with Crippen LogP contribution < -0.4 is 10.6 Å². The van der Waals surface area contributed by atoms with Crippen LogP contribution in [0.1, 0.15) is 128 Å². The number of hydrogen-bond acceptors (Lipinski definition) is 5. The van der Waals surface area contributed by atoms with Crippen molar-refractivity contribution in [1.29, 1.82) is 0 Å². The quantitative estimate of drug-likeness (QED) is 0.488. The van der Waals surface area contributed by atoms with Crippen molar-refractivity contribution >= 4 is 23.5 Å². The van der Waals surface area contributed by atoms with Crippen LogP contribution in [0.5, 0.6) is 0 Å². The molecule has 6 heteroatoms.